The molecule has 0 heterocycles. The van der Waals surface area contributed by atoms with Gasteiger partial charge in [0.1, 0.15) is 5.75 Å². The minimum Gasteiger partial charge on any atom is -0.495 e. The zero-order valence-electron chi connectivity index (χ0n) is 11.5. The molecule has 0 aliphatic carbocycles. The van der Waals surface area contributed by atoms with Crippen LogP contribution in [0.5, 0.6) is 5.75 Å². The molecule has 2 rings (SSSR count). The minimum absolute atomic E-state index is 0.155. The Bertz CT molecular complexity index is 597. The van der Waals surface area contributed by atoms with E-state index in [1.165, 1.54) is 6.07 Å². The van der Waals surface area contributed by atoms with Gasteiger partial charge in [-0.1, -0.05) is 18.2 Å². The maximum Gasteiger partial charge on any atom is 0.337 e. The van der Waals surface area contributed by atoms with Crippen molar-refractivity contribution in [2.75, 3.05) is 18.6 Å². The van der Waals surface area contributed by atoms with Crippen LogP contribution < -0.4 is 16.2 Å². The van der Waals surface area contributed by atoms with E-state index in [0.717, 1.165) is 11.3 Å². The summed E-state index contributed by atoms with van der Waals surface area (Å²) >= 11 is 0. The molecule has 106 valence electrons. The highest BCUT2D eigenvalue weighted by molar-refractivity contribution is 5.93. The molecule has 5 N–H and O–H groups in total. The van der Waals surface area contributed by atoms with Gasteiger partial charge in [-0.3, -0.25) is 0 Å². The molecule has 0 saturated heterocycles. The van der Waals surface area contributed by atoms with Crippen LogP contribution >= 0.6 is 0 Å². The van der Waals surface area contributed by atoms with Crippen LogP contribution in [0.25, 0.3) is 0 Å². The van der Waals surface area contributed by atoms with Crippen molar-refractivity contribution < 1.29 is 14.6 Å². The first-order chi connectivity index (χ1) is 9.45. The van der Waals surface area contributed by atoms with Crippen LogP contribution in [-0.4, -0.2) is 18.2 Å². The monoisotopic (exact) mass is 274 g/mol. The van der Waals surface area contributed by atoms with Gasteiger partial charge in [-0.2, -0.15) is 0 Å². The Morgan fingerprint density at radius 1 is 1.10 bits per heavy atom. The zero-order valence-corrected chi connectivity index (χ0v) is 11.5. The molecule has 0 saturated carbocycles. The first kappa shape index (κ1) is 15.4. The molecular weight excluding hydrogens is 256 g/mol. The number of anilines is 2. The normalized spacial score (nSPS) is 9.30. The number of carboxylic acids is 1. The second kappa shape index (κ2) is 7.04. The number of para-hydroxylation sites is 1. The molecule has 0 unspecified atom stereocenters. The summed E-state index contributed by atoms with van der Waals surface area (Å²) in [6.45, 7) is 2.00. The third kappa shape index (κ3) is 4.20. The highest BCUT2D eigenvalue weighted by Crippen LogP contribution is 2.20. The molecule has 5 nitrogen and oxygen atoms in total. The number of aromatic carboxylic acids is 1. The molecular formula is C15H18N2O3. The lowest BCUT2D eigenvalue weighted by Gasteiger charge is -2.03. The van der Waals surface area contributed by atoms with E-state index in [1.807, 2.05) is 25.1 Å². The van der Waals surface area contributed by atoms with Gasteiger partial charge in [0.2, 0.25) is 0 Å². The summed E-state index contributed by atoms with van der Waals surface area (Å²) in [5.74, 6) is -0.247. The van der Waals surface area contributed by atoms with E-state index in [2.05, 4.69) is 0 Å². The van der Waals surface area contributed by atoms with Gasteiger partial charge in [-0.15, -0.1) is 0 Å². The fourth-order valence-corrected chi connectivity index (χ4v) is 1.55. The molecule has 2 aromatic carbocycles. The van der Waals surface area contributed by atoms with Gasteiger partial charge in [0, 0.05) is 5.69 Å². The van der Waals surface area contributed by atoms with E-state index < -0.39 is 5.97 Å². The first-order valence-electron chi connectivity index (χ1n) is 5.93. The van der Waals surface area contributed by atoms with Crippen molar-refractivity contribution in [1.82, 2.24) is 0 Å². The van der Waals surface area contributed by atoms with Crippen molar-refractivity contribution in [3.05, 3.63) is 53.6 Å². The first-order valence-corrected chi connectivity index (χ1v) is 5.93. The Labute approximate surface area is 117 Å². The summed E-state index contributed by atoms with van der Waals surface area (Å²) in [6.07, 6.45) is 0. The number of hydrogen-bond acceptors (Lipinski definition) is 4. The second-order valence-corrected chi connectivity index (χ2v) is 4.14. The molecule has 0 radical (unpaired) electrons. The number of rotatable bonds is 2. The molecule has 0 aliphatic heterocycles. The number of methoxy groups -OCH3 is 1. The molecule has 0 atom stereocenters. The second-order valence-electron chi connectivity index (χ2n) is 4.14. The van der Waals surface area contributed by atoms with Gasteiger partial charge >= 0.3 is 5.97 Å². The number of carbonyl (C=O) groups is 1. The molecule has 5 heteroatoms. The molecule has 0 bridgehead atoms. The van der Waals surface area contributed by atoms with Crippen molar-refractivity contribution in [3.8, 4) is 5.75 Å². The highest BCUT2D eigenvalue weighted by Gasteiger charge is 2.03. The third-order valence-electron chi connectivity index (χ3n) is 2.58. The van der Waals surface area contributed by atoms with E-state index in [9.17, 15) is 4.79 Å². The van der Waals surface area contributed by atoms with E-state index in [0.29, 0.717) is 11.4 Å². The van der Waals surface area contributed by atoms with Gasteiger partial charge in [-0.25, -0.2) is 4.79 Å². The third-order valence-corrected chi connectivity index (χ3v) is 2.58. The molecule has 0 spiro atoms. The Balaban J connectivity index is 0.000000200. The van der Waals surface area contributed by atoms with E-state index >= 15 is 0 Å². The summed E-state index contributed by atoms with van der Waals surface area (Å²) < 4.78 is 4.97. The average molecular weight is 274 g/mol. The van der Waals surface area contributed by atoms with Crippen LogP contribution in [0, 0.1) is 6.92 Å². The smallest absolute Gasteiger partial charge is 0.337 e. The molecule has 0 aliphatic rings. The van der Waals surface area contributed by atoms with Gasteiger partial charge < -0.3 is 21.3 Å². The quantitative estimate of drug-likeness (QED) is 0.731. The molecule has 20 heavy (non-hydrogen) atoms. The predicted molar refractivity (Wildman–Crippen MR) is 80.0 cm³/mol. The summed E-state index contributed by atoms with van der Waals surface area (Å²) in [5.41, 5.74) is 13.3. The van der Waals surface area contributed by atoms with Crippen molar-refractivity contribution in [2.24, 2.45) is 0 Å². The van der Waals surface area contributed by atoms with E-state index in [-0.39, 0.29) is 5.56 Å². The molecule has 0 fully saturated rings. The number of benzene rings is 2. The average Bonchev–Trinajstić information content (AvgIpc) is 2.40. The lowest BCUT2D eigenvalue weighted by molar-refractivity contribution is 0.0698. The Kier molecular flexibility index (Phi) is 5.41. The topological polar surface area (TPSA) is 98.6 Å². The Morgan fingerprint density at radius 2 is 1.75 bits per heavy atom. The lowest BCUT2D eigenvalue weighted by atomic mass is 10.2. The maximum atomic E-state index is 10.3. The Morgan fingerprint density at radius 3 is 2.20 bits per heavy atom. The standard InChI is InChI=1S/C8H11NO.C7H7NO2/c1-6-3-4-8(10-2)7(9)5-6;8-6-4-2-1-3-5(6)7(9)10/h3-5H,9H2,1-2H3;1-4H,8H2,(H,9,10). The molecule has 0 aromatic heterocycles. The van der Waals surface area contributed by atoms with Crippen LogP contribution in [0.3, 0.4) is 0 Å². The van der Waals surface area contributed by atoms with Crippen LogP contribution in [0.15, 0.2) is 42.5 Å². The van der Waals surface area contributed by atoms with Gasteiger partial charge in [0.25, 0.3) is 0 Å². The van der Waals surface area contributed by atoms with Crippen LogP contribution in [0.2, 0.25) is 0 Å². The summed E-state index contributed by atoms with van der Waals surface area (Å²) in [6, 6.07) is 12.1. The number of carboxylic acid groups (broad SMARTS) is 1. The van der Waals surface area contributed by atoms with Gasteiger partial charge in [-0.05, 0) is 36.8 Å². The van der Waals surface area contributed by atoms with E-state index in [4.69, 9.17) is 21.3 Å². The van der Waals surface area contributed by atoms with Gasteiger partial charge in [0.05, 0.1) is 18.4 Å². The number of hydrogen-bond donors (Lipinski definition) is 3. The van der Waals surface area contributed by atoms with Crippen LogP contribution in [0.4, 0.5) is 11.4 Å². The summed E-state index contributed by atoms with van der Waals surface area (Å²) in [4.78, 5) is 10.3. The van der Waals surface area contributed by atoms with Crippen LogP contribution in [0.1, 0.15) is 15.9 Å². The largest absolute Gasteiger partial charge is 0.495 e. The summed E-state index contributed by atoms with van der Waals surface area (Å²) in [5, 5.41) is 8.49. The lowest BCUT2D eigenvalue weighted by Crippen LogP contribution is -2.00. The number of aryl methyl sites for hydroxylation is 1. The van der Waals surface area contributed by atoms with Crippen molar-refractivity contribution in [1.29, 1.82) is 0 Å². The number of nitrogens with two attached hydrogens (primary N) is 2. The van der Waals surface area contributed by atoms with Gasteiger partial charge in [0.15, 0.2) is 0 Å². The predicted octanol–water partition coefficient (Wildman–Crippen LogP) is 2.55. The molecule has 0 amide bonds. The van der Waals surface area contributed by atoms with Crippen molar-refractivity contribution >= 4 is 17.3 Å². The Hall–Kier alpha value is -2.69. The summed E-state index contributed by atoms with van der Waals surface area (Å²) in [7, 11) is 1.61. The van der Waals surface area contributed by atoms with Crippen molar-refractivity contribution in [2.45, 2.75) is 6.92 Å². The number of nitrogen functional groups attached to an aromatic ring is 2. The van der Waals surface area contributed by atoms with E-state index in [1.54, 1.807) is 25.3 Å². The molecule has 2 aromatic rings. The highest BCUT2D eigenvalue weighted by atomic mass is 16.5. The number of ether oxygens (including phenoxy) is 1. The SMILES string of the molecule is COc1ccc(C)cc1N.Nc1ccccc1C(=O)O. The van der Waals surface area contributed by atoms with Crippen molar-refractivity contribution in [3.63, 3.8) is 0 Å². The fourth-order valence-electron chi connectivity index (χ4n) is 1.55. The van der Waals surface area contributed by atoms with Crippen LogP contribution in [-0.2, 0) is 0 Å². The fraction of sp³-hybridized carbons (Fsp3) is 0.133. The zero-order chi connectivity index (χ0) is 15.1. The maximum absolute atomic E-state index is 10.3. The minimum atomic E-state index is -0.988.